The zero-order valence-electron chi connectivity index (χ0n) is 17.8. The van der Waals surface area contributed by atoms with Crippen LogP contribution in [0.4, 0.5) is 13.2 Å². The number of alkyl halides is 3. The molecule has 0 atom stereocenters. The van der Waals surface area contributed by atoms with Crippen molar-refractivity contribution in [3.05, 3.63) is 67.6 Å². The Balaban J connectivity index is 1.56. The third-order valence-corrected chi connectivity index (χ3v) is 7.69. The average molecular weight is 437 g/mol. The van der Waals surface area contributed by atoms with Crippen molar-refractivity contribution in [1.29, 1.82) is 0 Å². The van der Waals surface area contributed by atoms with Crippen molar-refractivity contribution in [2.24, 2.45) is 0 Å². The fourth-order valence-corrected chi connectivity index (χ4v) is 6.52. The minimum absolute atomic E-state index is 0.238. The Hall–Kier alpha value is -2.76. The van der Waals surface area contributed by atoms with Crippen LogP contribution in [0, 0.1) is 0 Å². The molecule has 0 fully saturated rings. The Kier molecular flexibility index (Phi) is 3.75. The molecule has 0 spiro atoms. The van der Waals surface area contributed by atoms with Crippen molar-refractivity contribution in [3.8, 4) is 5.75 Å². The van der Waals surface area contributed by atoms with Crippen LogP contribution in [0.3, 0.4) is 0 Å². The molecule has 0 unspecified atom stereocenters. The summed E-state index contributed by atoms with van der Waals surface area (Å²) in [6, 6.07) is 0. The second-order valence-electron chi connectivity index (χ2n) is 9.54. The Labute approximate surface area is 184 Å². The topological polar surface area (TPSA) is 15.5 Å². The van der Waals surface area contributed by atoms with E-state index in [1.54, 1.807) is 12.2 Å². The lowest BCUT2D eigenvalue weighted by Crippen LogP contribution is -2.52. The Morgan fingerprint density at radius 3 is 2.88 bits per heavy atom. The number of rotatable bonds is 0. The zero-order valence-corrected chi connectivity index (χ0v) is 17.8. The van der Waals surface area contributed by atoms with E-state index in [0.717, 1.165) is 79.7 Å². The fraction of sp³-hybridized carbons (Fsp3) is 0.423. The van der Waals surface area contributed by atoms with E-state index in [4.69, 9.17) is 4.74 Å². The Morgan fingerprint density at radius 2 is 2.00 bits per heavy atom. The Morgan fingerprint density at radius 1 is 1.09 bits per heavy atom. The quantitative estimate of drug-likeness (QED) is 0.576. The molecule has 6 aliphatic rings. The van der Waals surface area contributed by atoms with Crippen LogP contribution in [0.25, 0.3) is 12.2 Å². The third-order valence-electron chi connectivity index (χ3n) is 7.69. The van der Waals surface area contributed by atoms with Gasteiger partial charge < -0.3 is 9.64 Å². The first-order valence-corrected chi connectivity index (χ1v) is 11.7. The lowest BCUT2D eigenvalue weighted by atomic mass is 9.81. The number of hydrogen-bond acceptors (Lipinski definition) is 2. The van der Waals surface area contributed by atoms with Crippen molar-refractivity contribution in [2.75, 3.05) is 26.2 Å². The van der Waals surface area contributed by atoms with Crippen molar-refractivity contribution < 1.29 is 17.9 Å². The summed E-state index contributed by atoms with van der Waals surface area (Å²) in [5.74, 6) is 1.20. The number of halogens is 3. The molecule has 0 radical (unpaired) electrons. The first kappa shape index (κ1) is 18.8. The second-order valence-corrected chi connectivity index (χ2v) is 9.54. The Bertz CT molecular complexity index is 1340. The average Bonchev–Trinajstić information content (AvgIpc) is 2.78. The van der Waals surface area contributed by atoms with Crippen LogP contribution in [0.5, 0.6) is 5.75 Å². The number of benzene rings is 1. The van der Waals surface area contributed by atoms with E-state index >= 15 is 0 Å². The number of fused-ring (bicyclic) bond motifs is 3. The molecule has 3 nitrogen and oxygen atoms in total. The summed E-state index contributed by atoms with van der Waals surface area (Å²) in [7, 11) is 0. The highest BCUT2D eigenvalue weighted by molar-refractivity contribution is 5.76. The second kappa shape index (κ2) is 6.40. The minimum atomic E-state index is -4.43. The first-order valence-electron chi connectivity index (χ1n) is 11.7. The first-order chi connectivity index (χ1) is 15.5. The van der Waals surface area contributed by atoms with E-state index in [-0.39, 0.29) is 5.56 Å². The van der Waals surface area contributed by atoms with Crippen molar-refractivity contribution >= 4 is 12.2 Å². The molecule has 0 bridgehead atoms. The SMILES string of the molecule is FC(F)(F)c1c2c(c3c4c1=CCC[N+]=4CCC3)OC1=C3C=CCN4CCCC(=C34)CC1=C2. The van der Waals surface area contributed by atoms with Crippen LogP contribution in [-0.2, 0) is 12.6 Å². The van der Waals surface area contributed by atoms with Gasteiger partial charge in [-0.25, -0.2) is 4.58 Å². The van der Waals surface area contributed by atoms with Gasteiger partial charge >= 0.3 is 6.18 Å². The smallest absolute Gasteiger partial charge is 0.417 e. The monoisotopic (exact) mass is 437 g/mol. The largest absolute Gasteiger partial charge is 0.455 e. The predicted molar refractivity (Wildman–Crippen MR) is 116 cm³/mol. The molecule has 0 saturated heterocycles. The van der Waals surface area contributed by atoms with E-state index in [1.165, 1.54) is 11.3 Å². The van der Waals surface area contributed by atoms with Crippen LogP contribution in [0.2, 0.25) is 0 Å². The standard InChI is InChI=1S/C26H24F3N2O/c27-26(28,29)21-17-6-2-11-31-12-4-8-19(23(17)31)25-20(21)14-16-13-15-5-1-9-30-10-3-7-18(22(15)30)24(16)32-25/h3,6-7,14H,1-2,4-5,8-13H2/q+1. The summed E-state index contributed by atoms with van der Waals surface area (Å²) in [5, 5.41) is 1.12. The van der Waals surface area contributed by atoms with E-state index < -0.39 is 11.7 Å². The summed E-state index contributed by atoms with van der Waals surface area (Å²) in [5.41, 5.74) is 5.21. The summed E-state index contributed by atoms with van der Waals surface area (Å²) in [6.45, 7) is 3.51. The molecular formula is C26H24F3N2O+. The van der Waals surface area contributed by atoms with E-state index in [0.29, 0.717) is 23.8 Å². The van der Waals surface area contributed by atoms with Gasteiger partial charge in [0, 0.05) is 48.3 Å². The summed E-state index contributed by atoms with van der Waals surface area (Å²) in [6.07, 6.45) is 8.55. The van der Waals surface area contributed by atoms with Gasteiger partial charge in [0.1, 0.15) is 24.6 Å². The van der Waals surface area contributed by atoms with Gasteiger partial charge in [-0.05, 0) is 37.3 Å². The highest BCUT2D eigenvalue weighted by atomic mass is 19.4. The fourth-order valence-electron chi connectivity index (χ4n) is 6.52. The molecule has 0 amide bonds. The van der Waals surface area contributed by atoms with Crippen LogP contribution >= 0.6 is 0 Å². The number of ether oxygens (including phenoxy) is 1. The van der Waals surface area contributed by atoms with Gasteiger partial charge in [-0.1, -0.05) is 18.2 Å². The van der Waals surface area contributed by atoms with Gasteiger partial charge in [0.25, 0.3) is 0 Å². The van der Waals surface area contributed by atoms with E-state index in [2.05, 4.69) is 21.6 Å². The molecule has 7 rings (SSSR count). The molecule has 5 aliphatic heterocycles. The maximum Gasteiger partial charge on any atom is 0.417 e. The molecule has 5 heterocycles. The van der Waals surface area contributed by atoms with E-state index in [9.17, 15) is 13.2 Å². The predicted octanol–water partition coefficient (Wildman–Crippen LogP) is 3.68. The van der Waals surface area contributed by atoms with Crippen molar-refractivity contribution in [3.63, 3.8) is 0 Å². The maximum absolute atomic E-state index is 14.5. The van der Waals surface area contributed by atoms with Gasteiger partial charge in [-0.2, -0.15) is 13.2 Å². The number of allylic oxidation sites excluding steroid dienone is 3. The van der Waals surface area contributed by atoms with Gasteiger partial charge in [-0.3, -0.25) is 0 Å². The lowest BCUT2D eigenvalue weighted by Gasteiger charge is -2.41. The van der Waals surface area contributed by atoms with Crippen LogP contribution in [-0.4, -0.2) is 31.1 Å². The zero-order chi connectivity index (χ0) is 21.6. The molecule has 32 heavy (non-hydrogen) atoms. The molecule has 0 N–H and O–H groups in total. The molecule has 6 heteroatoms. The highest BCUT2D eigenvalue weighted by Gasteiger charge is 2.43. The molecule has 0 aromatic heterocycles. The maximum atomic E-state index is 14.5. The summed E-state index contributed by atoms with van der Waals surface area (Å²) in [4.78, 5) is 2.39. The van der Waals surface area contributed by atoms with Crippen LogP contribution in [0.15, 0.2) is 40.3 Å². The third kappa shape index (κ3) is 2.46. The number of hydrogen-bond donors (Lipinski definition) is 0. The minimum Gasteiger partial charge on any atom is -0.455 e. The molecular weight excluding hydrogens is 413 g/mol. The van der Waals surface area contributed by atoms with Gasteiger partial charge in [0.05, 0.1) is 16.3 Å². The molecule has 0 saturated carbocycles. The van der Waals surface area contributed by atoms with Crippen molar-refractivity contribution in [1.82, 2.24) is 9.48 Å². The lowest BCUT2D eigenvalue weighted by molar-refractivity contribution is -0.138. The van der Waals surface area contributed by atoms with Gasteiger partial charge in [0.15, 0.2) is 0 Å². The van der Waals surface area contributed by atoms with Crippen molar-refractivity contribution in [2.45, 2.75) is 44.7 Å². The summed E-state index contributed by atoms with van der Waals surface area (Å²) >= 11 is 0. The molecule has 1 aromatic carbocycles. The molecule has 164 valence electrons. The van der Waals surface area contributed by atoms with Crippen LogP contribution in [0.1, 0.15) is 48.8 Å². The molecule has 1 aromatic rings. The normalized spacial score (nSPS) is 23.0. The molecule has 1 aliphatic carbocycles. The van der Waals surface area contributed by atoms with Gasteiger partial charge in [-0.15, -0.1) is 0 Å². The number of nitrogens with zero attached hydrogens (tertiary/aromatic N) is 2. The van der Waals surface area contributed by atoms with Gasteiger partial charge in [0.2, 0.25) is 5.36 Å². The summed E-state index contributed by atoms with van der Waals surface area (Å²) < 4.78 is 52.1. The van der Waals surface area contributed by atoms with Crippen LogP contribution < -0.4 is 19.9 Å². The highest BCUT2D eigenvalue weighted by Crippen LogP contribution is 2.48. The van der Waals surface area contributed by atoms with E-state index in [1.807, 2.05) is 0 Å².